The first-order valence-electron chi connectivity index (χ1n) is 15.0. The van der Waals surface area contributed by atoms with E-state index in [1.807, 2.05) is 36.4 Å². The van der Waals surface area contributed by atoms with Crippen molar-refractivity contribution in [3.8, 4) is 5.75 Å². The Balaban J connectivity index is 0.000000156. The maximum atomic E-state index is 10.9. The van der Waals surface area contributed by atoms with Crippen molar-refractivity contribution in [2.75, 3.05) is 6.16 Å². The standard InChI is InChI=1S/C21H22P.C18H11BO3/c1-2-18-22(19-12-6-3-7-13-19,20-14-8-4-9-15-20)21-16-10-5-11-17-21;20-19(21)22-17-7-3-6-12-8-9-15-10-13-4-1-2-5-14(13)11-16(15)18(12)17/h3-17H,2,18H2,1H3;1-11H/q+1;-2. The number of benzene rings is 7. The average Bonchev–Trinajstić information content (AvgIpc) is 3.07. The quantitative estimate of drug-likeness (QED) is 0.0907. The molecule has 0 aliphatic rings. The Morgan fingerprint density at radius 1 is 0.523 bits per heavy atom. The van der Waals surface area contributed by atoms with Gasteiger partial charge in [0, 0.05) is 5.39 Å². The van der Waals surface area contributed by atoms with E-state index in [1.54, 1.807) is 12.1 Å². The van der Waals surface area contributed by atoms with Crippen LogP contribution in [0.15, 0.2) is 158 Å². The lowest BCUT2D eigenvalue weighted by molar-refractivity contribution is -0.372. The Bertz CT molecular complexity index is 1880. The van der Waals surface area contributed by atoms with Crippen LogP contribution in [0.25, 0.3) is 32.3 Å². The molecule has 0 saturated carbocycles. The summed E-state index contributed by atoms with van der Waals surface area (Å²) in [4.78, 5) is 0. The lowest BCUT2D eigenvalue weighted by Crippen LogP contribution is -2.50. The minimum Gasteiger partial charge on any atom is -0.860 e. The molecule has 0 fully saturated rings. The SMILES string of the molecule is CCC[P+](c1ccccc1)(c1ccccc1)c1ccccc1.[O-]B([O-])Oc1cccc2ccc3cc4ccccc4cc3c12. The summed E-state index contributed by atoms with van der Waals surface area (Å²) in [6.07, 6.45) is 2.40. The van der Waals surface area contributed by atoms with Crippen molar-refractivity contribution in [1.29, 1.82) is 0 Å². The van der Waals surface area contributed by atoms with E-state index in [1.165, 1.54) is 28.5 Å². The second-order valence-corrected chi connectivity index (χ2v) is 14.4. The second-order valence-electron chi connectivity index (χ2n) is 10.8. The largest absolute Gasteiger partial charge is 0.860 e. The third-order valence-electron chi connectivity index (χ3n) is 8.06. The number of fused-ring (bicyclic) bond motifs is 4. The highest BCUT2D eigenvalue weighted by Crippen LogP contribution is 2.55. The molecule has 0 aliphatic heterocycles. The lowest BCUT2D eigenvalue weighted by atomic mass is 9.97. The number of hydrogen-bond acceptors (Lipinski definition) is 3. The van der Waals surface area contributed by atoms with Gasteiger partial charge >= 0.3 is 0 Å². The summed E-state index contributed by atoms with van der Waals surface area (Å²) in [6, 6.07) is 54.9. The van der Waals surface area contributed by atoms with E-state index in [-0.39, 0.29) is 0 Å². The smallest absolute Gasteiger partial charge is 0.133 e. The molecule has 0 aromatic heterocycles. The summed E-state index contributed by atoms with van der Waals surface area (Å²) in [5, 5.41) is 32.3. The fraction of sp³-hybridized carbons (Fsp3) is 0.0769. The van der Waals surface area contributed by atoms with Gasteiger partial charge in [-0.3, -0.25) is 0 Å². The van der Waals surface area contributed by atoms with Gasteiger partial charge in [0.25, 0.3) is 0 Å². The molecule has 0 amide bonds. The van der Waals surface area contributed by atoms with Crippen molar-refractivity contribution >= 4 is 62.8 Å². The van der Waals surface area contributed by atoms with Crippen LogP contribution in [0.2, 0.25) is 0 Å². The van der Waals surface area contributed by atoms with Gasteiger partial charge in [-0.15, -0.1) is 0 Å². The van der Waals surface area contributed by atoms with Crippen LogP contribution < -0.4 is 30.6 Å². The van der Waals surface area contributed by atoms with Crippen molar-refractivity contribution < 1.29 is 14.7 Å². The molecule has 0 N–H and O–H groups in total. The third-order valence-corrected chi connectivity index (χ3v) is 12.7. The van der Waals surface area contributed by atoms with E-state index < -0.39 is 14.6 Å². The molecule has 0 bridgehead atoms. The summed E-state index contributed by atoms with van der Waals surface area (Å²) in [7, 11) is -3.89. The molecule has 0 unspecified atom stereocenters. The van der Waals surface area contributed by atoms with Crippen molar-refractivity contribution in [2.45, 2.75) is 13.3 Å². The van der Waals surface area contributed by atoms with Crippen LogP contribution in [-0.4, -0.2) is 13.5 Å². The number of rotatable bonds is 7. The molecule has 44 heavy (non-hydrogen) atoms. The first kappa shape index (κ1) is 29.6. The van der Waals surface area contributed by atoms with Gasteiger partial charge in [0.15, 0.2) is 0 Å². The molecule has 0 heterocycles. The van der Waals surface area contributed by atoms with Crippen LogP contribution in [0.1, 0.15) is 13.3 Å². The van der Waals surface area contributed by atoms with Crippen molar-refractivity contribution in [3.63, 3.8) is 0 Å². The van der Waals surface area contributed by atoms with E-state index in [9.17, 15) is 10.0 Å². The Kier molecular flexibility index (Phi) is 9.05. The molecule has 0 saturated heterocycles. The lowest BCUT2D eigenvalue weighted by Gasteiger charge is -2.27. The Morgan fingerprint density at radius 2 is 1.00 bits per heavy atom. The first-order valence-corrected chi connectivity index (χ1v) is 16.9. The van der Waals surface area contributed by atoms with Crippen LogP contribution in [0.4, 0.5) is 0 Å². The zero-order valence-electron chi connectivity index (χ0n) is 24.7. The molecule has 0 atom stereocenters. The summed E-state index contributed by atoms with van der Waals surface area (Å²) in [6.45, 7) is 2.30. The summed E-state index contributed by atoms with van der Waals surface area (Å²) in [5.74, 6) is 0.341. The Morgan fingerprint density at radius 3 is 1.52 bits per heavy atom. The van der Waals surface area contributed by atoms with Gasteiger partial charge < -0.3 is 14.7 Å². The third kappa shape index (κ3) is 5.98. The summed E-state index contributed by atoms with van der Waals surface area (Å²) < 4.78 is 4.94. The Hall–Kier alpha value is -4.47. The van der Waals surface area contributed by atoms with Crippen LogP contribution in [-0.2, 0) is 0 Å². The molecule has 5 heteroatoms. The van der Waals surface area contributed by atoms with E-state index >= 15 is 0 Å². The predicted molar refractivity (Wildman–Crippen MR) is 186 cm³/mol. The minimum atomic E-state index is -2.33. The van der Waals surface area contributed by atoms with Crippen LogP contribution in [0.5, 0.6) is 5.75 Å². The van der Waals surface area contributed by atoms with Gasteiger partial charge in [-0.05, 0) is 87.9 Å². The zero-order valence-corrected chi connectivity index (χ0v) is 25.6. The van der Waals surface area contributed by atoms with Gasteiger partial charge in [-0.1, -0.05) is 110 Å². The molecular weight excluding hydrogens is 558 g/mol. The van der Waals surface area contributed by atoms with Gasteiger partial charge in [0.05, 0.1) is 6.16 Å². The fourth-order valence-electron chi connectivity index (χ4n) is 6.19. The monoisotopic (exact) mass is 591 g/mol. The maximum Gasteiger partial charge on any atom is 0.133 e. The van der Waals surface area contributed by atoms with Gasteiger partial charge in [0.2, 0.25) is 0 Å². The highest BCUT2D eigenvalue weighted by Gasteiger charge is 2.44. The predicted octanol–water partition coefficient (Wildman–Crippen LogP) is 6.62. The first-order chi connectivity index (χ1) is 21.6. The van der Waals surface area contributed by atoms with Gasteiger partial charge in [0.1, 0.15) is 36.2 Å². The van der Waals surface area contributed by atoms with Crippen LogP contribution in [0.3, 0.4) is 0 Å². The van der Waals surface area contributed by atoms with Crippen LogP contribution >= 0.6 is 7.26 Å². The number of hydrogen-bond donors (Lipinski definition) is 0. The molecule has 0 radical (unpaired) electrons. The maximum absolute atomic E-state index is 10.9. The van der Waals surface area contributed by atoms with E-state index in [2.05, 4.69) is 116 Å². The van der Waals surface area contributed by atoms with Crippen molar-refractivity contribution in [2.24, 2.45) is 0 Å². The van der Waals surface area contributed by atoms with Gasteiger partial charge in [-0.25, -0.2) is 0 Å². The summed E-state index contributed by atoms with van der Waals surface area (Å²) in [5.41, 5.74) is 0. The van der Waals surface area contributed by atoms with E-state index in [0.717, 1.165) is 32.3 Å². The highest BCUT2D eigenvalue weighted by molar-refractivity contribution is 7.95. The van der Waals surface area contributed by atoms with Gasteiger partial charge in [-0.2, -0.15) is 0 Å². The van der Waals surface area contributed by atoms with Crippen LogP contribution in [0, 0.1) is 0 Å². The molecule has 7 aromatic rings. The Labute approximate surface area is 259 Å². The molecule has 216 valence electrons. The summed E-state index contributed by atoms with van der Waals surface area (Å²) >= 11 is 0. The molecular formula is C39H33BO3P-. The fourth-order valence-corrected chi connectivity index (χ4v) is 10.6. The molecule has 0 spiro atoms. The molecule has 0 aliphatic carbocycles. The van der Waals surface area contributed by atoms with Crippen molar-refractivity contribution in [3.05, 3.63) is 158 Å². The second kappa shape index (κ2) is 13.4. The minimum absolute atomic E-state index is 0.341. The van der Waals surface area contributed by atoms with Crippen molar-refractivity contribution in [1.82, 2.24) is 0 Å². The molecule has 3 nitrogen and oxygen atoms in total. The van der Waals surface area contributed by atoms with E-state index in [0.29, 0.717) is 5.75 Å². The average molecular weight is 591 g/mol. The molecule has 7 rings (SSSR count). The van der Waals surface area contributed by atoms with E-state index in [4.69, 9.17) is 4.65 Å². The molecule has 7 aromatic carbocycles. The zero-order chi connectivity index (χ0) is 30.4. The highest BCUT2D eigenvalue weighted by atomic mass is 31.2. The normalized spacial score (nSPS) is 11.2. The topological polar surface area (TPSA) is 55.3 Å².